The van der Waals surface area contributed by atoms with E-state index in [1.54, 1.807) is 0 Å². The van der Waals surface area contributed by atoms with Crippen LogP contribution in [0, 0.1) is 0 Å². The number of rotatable bonds is 3. The Balaban J connectivity index is 1.86. The number of fused-ring (bicyclic) bond motifs is 1. The standard InChI is InChI=1S/C16H13BrN2O/c17-13-7-5-11(6-8-13)15(20)10-19-14-4-2-1-3-12(14)9-16(19)18/h1-8,18H,9-10H2/p+1. The maximum Gasteiger partial charge on any atom is 0.252 e. The molecule has 2 aromatic rings. The summed E-state index contributed by atoms with van der Waals surface area (Å²) in [5.41, 5.74) is 8.97. The maximum absolute atomic E-state index is 12.3. The number of Topliss-reactive ketones (excluding diaryl/α,β-unsaturated/α-hetero) is 1. The number of amidine groups is 1. The molecule has 20 heavy (non-hydrogen) atoms. The predicted molar refractivity (Wildman–Crippen MR) is 82.6 cm³/mol. The number of benzene rings is 2. The zero-order valence-electron chi connectivity index (χ0n) is 10.8. The van der Waals surface area contributed by atoms with Crippen molar-refractivity contribution in [1.29, 1.82) is 0 Å². The van der Waals surface area contributed by atoms with Crippen LogP contribution in [0.2, 0.25) is 0 Å². The first-order chi connectivity index (χ1) is 9.65. The van der Waals surface area contributed by atoms with E-state index in [4.69, 9.17) is 5.73 Å². The number of nitrogens with zero attached hydrogens (tertiary/aromatic N) is 1. The Morgan fingerprint density at radius 1 is 1.15 bits per heavy atom. The van der Waals surface area contributed by atoms with Crippen molar-refractivity contribution in [1.82, 2.24) is 0 Å². The van der Waals surface area contributed by atoms with Gasteiger partial charge in [-0.25, -0.2) is 4.58 Å². The lowest BCUT2D eigenvalue weighted by Crippen LogP contribution is -2.26. The van der Waals surface area contributed by atoms with Crippen molar-refractivity contribution >= 4 is 33.2 Å². The summed E-state index contributed by atoms with van der Waals surface area (Å²) in [6, 6.07) is 15.4. The van der Waals surface area contributed by atoms with Gasteiger partial charge in [-0.2, -0.15) is 0 Å². The van der Waals surface area contributed by atoms with Gasteiger partial charge in [0.25, 0.3) is 5.84 Å². The maximum atomic E-state index is 12.3. The third kappa shape index (κ3) is 2.39. The van der Waals surface area contributed by atoms with E-state index in [0.717, 1.165) is 16.0 Å². The highest BCUT2D eigenvalue weighted by Crippen LogP contribution is 2.25. The van der Waals surface area contributed by atoms with Crippen molar-refractivity contribution in [3.63, 3.8) is 0 Å². The largest absolute Gasteiger partial charge is 0.290 e. The normalized spacial score (nSPS) is 13.4. The van der Waals surface area contributed by atoms with Gasteiger partial charge in [-0.05, 0) is 18.2 Å². The molecule has 0 fully saturated rings. The first-order valence-electron chi connectivity index (χ1n) is 6.40. The molecule has 0 aromatic heterocycles. The summed E-state index contributed by atoms with van der Waals surface area (Å²) in [7, 11) is 0. The average Bonchev–Trinajstić information content (AvgIpc) is 2.76. The Bertz CT molecular complexity index is 705. The van der Waals surface area contributed by atoms with Gasteiger partial charge in [0, 0.05) is 15.6 Å². The number of carbonyl (C=O) groups is 1. The van der Waals surface area contributed by atoms with E-state index in [0.29, 0.717) is 12.0 Å². The molecule has 100 valence electrons. The summed E-state index contributed by atoms with van der Waals surface area (Å²) in [5, 5.41) is 0. The molecule has 1 aliphatic rings. The van der Waals surface area contributed by atoms with Gasteiger partial charge < -0.3 is 0 Å². The third-order valence-corrected chi connectivity index (χ3v) is 4.00. The number of halogens is 1. The molecule has 0 aliphatic carbocycles. The van der Waals surface area contributed by atoms with E-state index in [2.05, 4.69) is 15.9 Å². The lowest BCUT2D eigenvalue weighted by Gasteiger charge is -2.05. The van der Waals surface area contributed by atoms with Crippen LogP contribution in [-0.2, 0) is 6.42 Å². The van der Waals surface area contributed by atoms with Gasteiger partial charge in [0.15, 0.2) is 6.54 Å². The number of para-hydroxylation sites is 1. The highest BCUT2D eigenvalue weighted by Gasteiger charge is 2.26. The fourth-order valence-electron chi connectivity index (χ4n) is 2.43. The number of ketones is 1. The molecular weight excluding hydrogens is 316 g/mol. The van der Waals surface area contributed by atoms with Crippen molar-refractivity contribution < 1.29 is 9.37 Å². The topological polar surface area (TPSA) is 46.1 Å². The summed E-state index contributed by atoms with van der Waals surface area (Å²) in [4.78, 5) is 12.3. The lowest BCUT2D eigenvalue weighted by atomic mass is 10.1. The highest BCUT2D eigenvalue weighted by atomic mass is 79.9. The molecule has 0 unspecified atom stereocenters. The Morgan fingerprint density at radius 3 is 2.60 bits per heavy atom. The molecule has 2 aromatic carbocycles. The lowest BCUT2D eigenvalue weighted by molar-refractivity contribution is -0.423. The van der Waals surface area contributed by atoms with Crippen molar-refractivity contribution in [2.75, 3.05) is 6.54 Å². The molecule has 4 heteroatoms. The van der Waals surface area contributed by atoms with Gasteiger partial charge in [-0.1, -0.05) is 46.3 Å². The van der Waals surface area contributed by atoms with Crippen LogP contribution in [0.1, 0.15) is 15.9 Å². The van der Waals surface area contributed by atoms with Crippen LogP contribution in [0.5, 0.6) is 0 Å². The number of hydrogen-bond donors (Lipinski definition) is 1. The monoisotopic (exact) mass is 329 g/mol. The van der Waals surface area contributed by atoms with Crippen LogP contribution < -0.4 is 5.73 Å². The van der Waals surface area contributed by atoms with Crippen molar-refractivity contribution in [2.45, 2.75) is 6.42 Å². The molecule has 0 bridgehead atoms. The Kier molecular flexibility index (Phi) is 3.40. The van der Waals surface area contributed by atoms with Gasteiger partial charge in [-0.3, -0.25) is 10.5 Å². The first-order valence-corrected chi connectivity index (χ1v) is 7.20. The first kappa shape index (κ1) is 13.1. The van der Waals surface area contributed by atoms with Gasteiger partial charge >= 0.3 is 0 Å². The van der Waals surface area contributed by atoms with Crippen LogP contribution in [0.3, 0.4) is 0 Å². The smallest absolute Gasteiger partial charge is 0.252 e. The second-order valence-corrected chi connectivity index (χ2v) is 5.73. The molecule has 3 nitrogen and oxygen atoms in total. The quantitative estimate of drug-likeness (QED) is 0.695. The molecule has 0 spiro atoms. The molecule has 3 rings (SSSR count). The summed E-state index contributed by atoms with van der Waals surface area (Å²) in [6.07, 6.45) is 0.712. The van der Waals surface area contributed by atoms with E-state index in [9.17, 15) is 4.79 Å². The van der Waals surface area contributed by atoms with E-state index >= 15 is 0 Å². The van der Waals surface area contributed by atoms with Crippen LogP contribution >= 0.6 is 15.9 Å². The highest BCUT2D eigenvalue weighted by molar-refractivity contribution is 9.10. The molecule has 0 radical (unpaired) electrons. The second-order valence-electron chi connectivity index (χ2n) is 4.81. The van der Waals surface area contributed by atoms with Crippen LogP contribution in [0.15, 0.2) is 53.0 Å². The second kappa shape index (κ2) is 5.21. The van der Waals surface area contributed by atoms with Gasteiger partial charge in [-0.15, -0.1) is 0 Å². The van der Waals surface area contributed by atoms with Gasteiger partial charge in [0.05, 0.1) is 6.42 Å². The fraction of sp³-hybridized carbons (Fsp3) is 0.125. The predicted octanol–water partition coefficient (Wildman–Crippen LogP) is 2.89. The molecule has 0 saturated carbocycles. The Labute approximate surface area is 125 Å². The Morgan fingerprint density at radius 2 is 1.85 bits per heavy atom. The minimum Gasteiger partial charge on any atom is -0.290 e. The van der Waals surface area contributed by atoms with E-state index in [1.807, 2.05) is 53.1 Å². The van der Waals surface area contributed by atoms with E-state index < -0.39 is 0 Å². The molecule has 2 N–H and O–H groups in total. The van der Waals surface area contributed by atoms with Crippen LogP contribution in [-0.4, -0.2) is 22.7 Å². The van der Waals surface area contributed by atoms with Gasteiger partial charge in [0.1, 0.15) is 5.69 Å². The molecule has 0 atom stereocenters. The van der Waals surface area contributed by atoms with E-state index in [-0.39, 0.29) is 12.3 Å². The molecule has 1 aliphatic heterocycles. The zero-order chi connectivity index (χ0) is 14.1. The number of nitrogens with two attached hydrogens (primary N) is 1. The van der Waals surface area contributed by atoms with Crippen molar-refractivity contribution in [2.24, 2.45) is 5.73 Å². The summed E-state index contributed by atoms with van der Waals surface area (Å²) in [6.45, 7) is 0.282. The third-order valence-electron chi connectivity index (χ3n) is 3.47. The number of hydrogen-bond acceptors (Lipinski definition) is 2. The zero-order valence-corrected chi connectivity index (χ0v) is 12.4. The van der Waals surface area contributed by atoms with Crippen LogP contribution in [0.4, 0.5) is 5.69 Å². The van der Waals surface area contributed by atoms with Crippen LogP contribution in [0.25, 0.3) is 0 Å². The summed E-state index contributed by atoms with van der Waals surface area (Å²) < 4.78 is 2.87. The molecular formula is C16H14BrN2O+. The van der Waals surface area contributed by atoms with Gasteiger partial charge in [0.2, 0.25) is 5.78 Å². The van der Waals surface area contributed by atoms with Crippen molar-refractivity contribution in [3.8, 4) is 0 Å². The summed E-state index contributed by atoms with van der Waals surface area (Å²) in [5.74, 6) is 0.800. The SMILES string of the molecule is NC1=[N+](CC(=O)c2ccc(Br)cc2)c2ccccc2C1. The average molecular weight is 330 g/mol. The molecule has 0 amide bonds. The minimum absolute atomic E-state index is 0.0668. The molecule has 1 heterocycles. The summed E-state index contributed by atoms with van der Waals surface area (Å²) >= 11 is 3.37. The molecule has 0 saturated heterocycles. The van der Waals surface area contributed by atoms with E-state index in [1.165, 1.54) is 5.56 Å². The number of carbonyl (C=O) groups excluding carboxylic acids is 1. The minimum atomic E-state index is 0.0668. The fourth-order valence-corrected chi connectivity index (χ4v) is 2.69. The Hall–Kier alpha value is -1.94. The van der Waals surface area contributed by atoms with Crippen molar-refractivity contribution in [3.05, 3.63) is 64.1 Å².